The first-order chi connectivity index (χ1) is 11.3. The van der Waals surface area contributed by atoms with E-state index in [1.54, 1.807) is 41.2 Å². The van der Waals surface area contributed by atoms with E-state index in [1.165, 1.54) is 6.08 Å². The molecule has 0 bridgehead atoms. The van der Waals surface area contributed by atoms with Crippen molar-refractivity contribution in [2.45, 2.75) is 0 Å². The Balaban J connectivity index is 1.74. The lowest BCUT2D eigenvalue weighted by atomic mass is 10.1. The molecule has 3 rings (SSSR count). The first-order valence-corrected chi connectivity index (χ1v) is 7.09. The van der Waals surface area contributed by atoms with Crippen LogP contribution in [0.15, 0.2) is 73.1 Å². The summed E-state index contributed by atoms with van der Waals surface area (Å²) in [5.41, 5.74) is 2.90. The maximum atomic E-state index is 12.1. The molecule has 0 aliphatic rings. The smallest absolute Gasteiger partial charge is 0.185 e. The summed E-state index contributed by atoms with van der Waals surface area (Å²) >= 11 is 0. The zero-order valence-electron chi connectivity index (χ0n) is 12.3. The summed E-state index contributed by atoms with van der Waals surface area (Å²) in [6.07, 6.45) is 6.80. The number of aromatic nitrogens is 2. The van der Waals surface area contributed by atoms with Crippen molar-refractivity contribution < 1.29 is 4.79 Å². The van der Waals surface area contributed by atoms with E-state index in [9.17, 15) is 4.79 Å². The van der Waals surface area contributed by atoms with Crippen molar-refractivity contribution in [2.24, 2.45) is 0 Å². The second-order valence-corrected chi connectivity index (χ2v) is 4.94. The van der Waals surface area contributed by atoms with Crippen molar-refractivity contribution in [2.75, 3.05) is 0 Å². The van der Waals surface area contributed by atoms with Gasteiger partial charge in [-0.2, -0.15) is 10.4 Å². The molecule has 110 valence electrons. The highest BCUT2D eigenvalue weighted by Crippen LogP contribution is 2.10. The number of rotatable bonds is 4. The molecule has 0 unspecified atom stereocenters. The summed E-state index contributed by atoms with van der Waals surface area (Å²) in [4.78, 5) is 12.1. The van der Waals surface area contributed by atoms with Gasteiger partial charge in [-0.3, -0.25) is 4.79 Å². The number of allylic oxidation sites excluding steroid dienone is 1. The molecule has 1 heterocycles. The van der Waals surface area contributed by atoms with E-state index in [-0.39, 0.29) is 5.78 Å². The highest BCUT2D eigenvalue weighted by atomic mass is 16.1. The quantitative estimate of drug-likeness (QED) is 0.546. The largest absolute Gasteiger partial charge is 0.289 e. The van der Waals surface area contributed by atoms with Gasteiger partial charge in [0.2, 0.25) is 0 Å². The second-order valence-electron chi connectivity index (χ2n) is 4.94. The molecule has 0 spiro atoms. The lowest BCUT2D eigenvalue weighted by Crippen LogP contribution is -1.93. The Morgan fingerprint density at radius 1 is 1.09 bits per heavy atom. The summed E-state index contributed by atoms with van der Waals surface area (Å²) < 4.78 is 1.76. The SMILES string of the molecule is N#Cc1ccc(C(=O)/C=C/c2cnn(-c3ccccc3)c2)cc1. The number of ketones is 1. The van der Waals surface area contributed by atoms with Gasteiger partial charge in [0.05, 0.1) is 23.5 Å². The molecule has 0 aliphatic carbocycles. The molecular weight excluding hydrogens is 286 g/mol. The van der Waals surface area contributed by atoms with Gasteiger partial charge in [-0.1, -0.05) is 18.2 Å². The van der Waals surface area contributed by atoms with Gasteiger partial charge in [0, 0.05) is 17.3 Å². The zero-order valence-corrected chi connectivity index (χ0v) is 12.3. The fourth-order valence-corrected chi connectivity index (χ4v) is 2.12. The third-order valence-electron chi connectivity index (χ3n) is 3.35. The van der Waals surface area contributed by atoms with E-state index in [0.29, 0.717) is 11.1 Å². The van der Waals surface area contributed by atoms with Crippen molar-refractivity contribution in [1.29, 1.82) is 5.26 Å². The van der Waals surface area contributed by atoms with Gasteiger partial charge in [0.1, 0.15) is 0 Å². The van der Waals surface area contributed by atoms with Gasteiger partial charge in [-0.05, 0) is 48.6 Å². The summed E-state index contributed by atoms with van der Waals surface area (Å²) in [5, 5.41) is 13.0. The third kappa shape index (κ3) is 3.42. The van der Waals surface area contributed by atoms with Crippen LogP contribution in [0.4, 0.5) is 0 Å². The van der Waals surface area contributed by atoms with E-state index in [0.717, 1.165) is 11.3 Å². The molecule has 0 atom stereocenters. The second kappa shape index (κ2) is 6.54. The predicted octanol–water partition coefficient (Wildman–Crippen LogP) is 3.64. The minimum Gasteiger partial charge on any atom is -0.289 e. The van der Waals surface area contributed by atoms with Gasteiger partial charge < -0.3 is 0 Å². The molecule has 1 aromatic heterocycles. The van der Waals surface area contributed by atoms with Crippen LogP contribution in [-0.2, 0) is 0 Å². The molecule has 0 fully saturated rings. The number of hydrogen-bond donors (Lipinski definition) is 0. The van der Waals surface area contributed by atoms with Crippen LogP contribution < -0.4 is 0 Å². The Bertz CT molecular complexity index is 884. The topological polar surface area (TPSA) is 58.7 Å². The van der Waals surface area contributed by atoms with Crippen LogP contribution in [0.25, 0.3) is 11.8 Å². The molecule has 3 aromatic rings. The minimum absolute atomic E-state index is 0.109. The summed E-state index contributed by atoms with van der Waals surface area (Å²) in [7, 11) is 0. The van der Waals surface area contributed by atoms with Crippen LogP contribution in [0.2, 0.25) is 0 Å². The van der Waals surface area contributed by atoms with Gasteiger partial charge in [0.25, 0.3) is 0 Å². The van der Waals surface area contributed by atoms with Crippen molar-refractivity contribution >= 4 is 11.9 Å². The van der Waals surface area contributed by atoms with Crippen molar-refractivity contribution in [3.63, 3.8) is 0 Å². The monoisotopic (exact) mass is 299 g/mol. The molecule has 4 heteroatoms. The Kier molecular flexibility index (Phi) is 4.12. The van der Waals surface area contributed by atoms with Crippen LogP contribution >= 0.6 is 0 Å². The maximum absolute atomic E-state index is 12.1. The van der Waals surface area contributed by atoms with Gasteiger partial charge in [0.15, 0.2) is 5.78 Å². The van der Waals surface area contributed by atoms with Crippen LogP contribution in [-0.4, -0.2) is 15.6 Å². The van der Waals surface area contributed by atoms with Crippen LogP contribution in [0.1, 0.15) is 21.5 Å². The van der Waals surface area contributed by atoms with Crippen LogP contribution in [0, 0.1) is 11.3 Å². The van der Waals surface area contributed by atoms with Crippen molar-refractivity contribution in [3.8, 4) is 11.8 Å². The first kappa shape index (κ1) is 14.5. The standard InChI is InChI=1S/C19H13N3O/c20-12-15-6-9-17(10-7-15)19(23)11-8-16-13-21-22(14-16)18-4-2-1-3-5-18/h1-11,13-14H/b11-8+. The van der Waals surface area contributed by atoms with Gasteiger partial charge >= 0.3 is 0 Å². The van der Waals surface area contributed by atoms with Crippen molar-refractivity contribution in [3.05, 3.63) is 89.8 Å². The average Bonchev–Trinajstić information content (AvgIpc) is 3.09. The molecule has 0 N–H and O–H groups in total. The lowest BCUT2D eigenvalue weighted by molar-refractivity contribution is 0.104. The molecule has 2 aromatic carbocycles. The maximum Gasteiger partial charge on any atom is 0.185 e. The lowest BCUT2D eigenvalue weighted by Gasteiger charge is -1.98. The molecule has 23 heavy (non-hydrogen) atoms. The van der Waals surface area contributed by atoms with E-state index in [2.05, 4.69) is 5.10 Å². The number of carbonyl (C=O) groups excluding carboxylic acids is 1. The molecule has 0 saturated heterocycles. The Morgan fingerprint density at radius 3 is 2.52 bits per heavy atom. The molecule has 0 saturated carbocycles. The van der Waals surface area contributed by atoms with E-state index in [4.69, 9.17) is 5.26 Å². The summed E-state index contributed by atoms with van der Waals surface area (Å²) in [6.45, 7) is 0. The molecule has 0 amide bonds. The number of nitrogens with zero attached hydrogens (tertiary/aromatic N) is 3. The Morgan fingerprint density at radius 2 is 1.83 bits per heavy atom. The van der Waals surface area contributed by atoms with Crippen LogP contribution in [0.5, 0.6) is 0 Å². The number of hydrogen-bond acceptors (Lipinski definition) is 3. The average molecular weight is 299 g/mol. The van der Waals surface area contributed by atoms with Crippen LogP contribution in [0.3, 0.4) is 0 Å². The van der Waals surface area contributed by atoms with E-state index < -0.39 is 0 Å². The Hall–Kier alpha value is -3.45. The van der Waals surface area contributed by atoms with E-state index in [1.807, 2.05) is 42.6 Å². The van der Waals surface area contributed by atoms with Gasteiger partial charge in [-0.25, -0.2) is 4.68 Å². The molecular formula is C19H13N3O. The predicted molar refractivity (Wildman–Crippen MR) is 88.1 cm³/mol. The number of nitriles is 1. The number of para-hydroxylation sites is 1. The normalized spacial score (nSPS) is 10.6. The number of carbonyl (C=O) groups is 1. The first-order valence-electron chi connectivity index (χ1n) is 7.09. The molecule has 0 radical (unpaired) electrons. The highest BCUT2D eigenvalue weighted by molar-refractivity contribution is 6.06. The summed E-state index contributed by atoms with van der Waals surface area (Å²) in [6, 6.07) is 18.4. The molecule has 4 nitrogen and oxygen atoms in total. The third-order valence-corrected chi connectivity index (χ3v) is 3.35. The van der Waals surface area contributed by atoms with Gasteiger partial charge in [-0.15, -0.1) is 0 Å². The van der Waals surface area contributed by atoms with E-state index >= 15 is 0 Å². The van der Waals surface area contributed by atoms with Crippen molar-refractivity contribution in [1.82, 2.24) is 9.78 Å². The summed E-state index contributed by atoms with van der Waals surface area (Å²) in [5.74, 6) is -0.109. The number of benzene rings is 2. The minimum atomic E-state index is -0.109. The molecule has 0 aliphatic heterocycles. The highest BCUT2D eigenvalue weighted by Gasteiger charge is 2.02. The zero-order chi connectivity index (χ0) is 16.1. The fraction of sp³-hybridized carbons (Fsp3) is 0. The Labute approximate surface area is 133 Å². The fourth-order valence-electron chi connectivity index (χ4n) is 2.12.